The fourth-order valence-electron chi connectivity index (χ4n) is 4.19. The molecule has 0 fully saturated rings. The van der Waals surface area contributed by atoms with Gasteiger partial charge >= 0.3 is 0 Å². The van der Waals surface area contributed by atoms with Crippen molar-refractivity contribution in [3.05, 3.63) is 42.2 Å². The Hall–Kier alpha value is -1.97. The average Bonchev–Trinajstić information content (AvgIpc) is 2.82. The van der Waals surface area contributed by atoms with E-state index in [0.29, 0.717) is 36.9 Å². The largest absolute Gasteiger partial charge is 0.490 e. The van der Waals surface area contributed by atoms with Gasteiger partial charge in [0.25, 0.3) is 0 Å². The second-order valence-electron chi connectivity index (χ2n) is 9.53. The third-order valence-corrected chi connectivity index (χ3v) is 6.32. The first-order chi connectivity index (χ1) is 16.1. The summed E-state index contributed by atoms with van der Waals surface area (Å²) in [5, 5.41) is 0. The van der Waals surface area contributed by atoms with Crippen LogP contribution in [0.4, 0.5) is 4.39 Å². The number of nitrogens with zero attached hydrogens (tertiary/aromatic N) is 2. The number of alkyl halides is 1. The quantitative estimate of drug-likeness (QED) is 0.210. The molecule has 2 aromatic rings. The van der Waals surface area contributed by atoms with Crippen LogP contribution in [0.3, 0.4) is 0 Å². The summed E-state index contributed by atoms with van der Waals surface area (Å²) < 4.78 is 19.9. The number of ether oxygens (including phenoxy) is 1. The van der Waals surface area contributed by atoms with Crippen LogP contribution in [0.1, 0.15) is 103 Å². The lowest BCUT2D eigenvalue weighted by atomic mass is 9.96. The highest BCUT2D eigenvalue weighted by Gasteiger charge is 2.12. The smallest absolute Gasteiger partial charge is 0.159 e. The van der Waals surface area contributed by atoms with Gasteiger partial charge in [-0.1, -0.05) is 103 Å². The molecule has 0 saturated carbocycles. The van der Waals surface area contributed by atoms with Gasteiger partial charge in [0.05, 0.1) is 19.0 Å². The van der Waals surface area contributed by atoms with Gasteiger partial charge in [0, 0.05) is 12.0 Å². The molecule has 184 valence electrons. The van der Waals surface area contributed by atoms with Crippen LogP contribution in [-0.2, 0) is 6.42 Å². The molecule has 1 heterocycles. The van der Waals surface area contributed by atoms with E-state index >= 15 is 0 Å². The molecule has 2 unspecified atom stereocenters. The van der Waals surface area contributed by atoms with E-state index in [-0.39, 0.29) is 0 Å². The fourth-order valence-corrected chi connectivity index (χ4v) is 4.19. The Morgan fingerprint density at radius 1 is 0.818 bits per heavy atom. The molecule has 0 bridgehead atoms. The van der Waals surface area contributed by atoms with Crippen LogP contribution in [0.2, 0.25) is 0 Å². The summed E-state index contributed by atoms with van der Waals surface area (Å²) in [6.45, 7) is 6.96. The van der Waals surface area contributed by atoms with E-state index in [2.05, 4.69) is 55.0 Å². The molecule has 3 nitrogen and oxygen atoms in total. The zero-order valence-corrected chi connectivity index (χ0v) is 21.2. The lowest BCUT2D eigenvalue weighted by molar-refractivity contribution is 0.204. The highest BCUT2D eigenvalue weighted by Crippen LogP contribution is 2.21. The molecule has 0 aliphatic rings. The van der Waals surface area contributed by atoms with E-state index in [4.69, 9.17) is 4.74 Å². The van der Waals surface area contributed by atoms with Crippen molar-refractivity contribution in [2.75, 3.05) is 6.61 Å². The first-order valence-corrected chi connectivity index (χ1v) is 13.3. The minimum absolute atomic E-state index is 0.360. The lowest BCUT2D eigenvalue weighted by Crippen LogP contribution is -2.12. The maximum atomic E-state index is 14.2. The molecule has 2 rings (SSSR count). The molecule has 0 aliphatic carbocycles. The zero-order valence-electron chi connectivity index (χ0n) is 21.2. The SMILES string of the molecule is CCCCCCCCc1ccc(-c2ncc(OCCC(F)CC(C)CCCCC)cn2)cc1. The van der Waals surface area contributed by atoms with Crippen LogP contribution < -0.4 is 4.74 Å². The molecule has 1 aromatic heterocycles. The molecule has 0 radical (unpaired) electrons. The Bertz CT molecular complexity index is 732. The van der Waals surface area contributed by atoms with Crippen molar-refractivity contribution in [1.82, 2.24) is 9.97 Å². The maximum Gasteiger partial charge on any atom is 0.159 e. The van der Waals surface area contributed by atoms with Crippen LogP contribution in [0.15, 0.2) is 36.7 Å². The molecular weight excluding hydrogens is 411 g/mol. The molecule has 0 amide bonds. The summed E-state index contributed by atoms with van der Waals surface area (Å²) in [6.07, 6.45) is 17.4. The predicted octanol–water partition coefficient (Wildman–Crippen LogP) is 8.76. The molecule has 0 saturated heterocycles. The van der Waals surface area contributed by atoms with E-state index in [0.717, 1.165) is 18.4 Å². The normalized spacial score (nSPS) is 13.1. The molecule has 0 aliphatic heterocycles. The number of hydrogen-bond donors (Lipinski definition) is 0. The number of rotatable bonds is 18. The van der Waals surface area contributed by atoms with Crippen molar-refractivity contribution in [2.45, 2.75) is 110 Å². The number of unbranched alkanes of at least 4 members (excludes halogenated alkanes) is 7. The van der Waals surface area contributed by atoms with Gasteiger partial charge in [0.1, 0.15) is 6.17 Å². The summed E-state index contributed by atoms with van der Waals surface area (Å²) >= 11 is 0. The van der Waals surface area contributed by atoms with Crippen LogP contribution >= 0.6 is 0 Å². The average molecular weight is 457 g/mol. The number of benzene rings is 1. The fraction of sp³-hybridized carbons (Fsp3) is 0.655. The topological polar surface area (TPSA) is 35.0 Å². The Balaban J connectivity index is 1.68. The molecule has 33 heavy (non-hydrogen) atoms. The number of hydrogen-bond acceptors (Lipinski definition) is 3. The second kappa shape index (κ2) is 16.6. The van der Waals surface area contributed by atoms with Crippen LogP contribution in [0.5, 0.6) is 5.75 Å². The van der Waals surface area contributed by atoms with E-state index in [1.165, 1.54) is 63.4 Å². The van der Waals surface area contributed by atoms with E-state index < -0.39 is 6.17 Å². The Labute approximate surface area is 201 Å². The lowest BCUT2D eigenvalue weighted by Gasteiger charge is -2.15. The Kier molecular flexibility index (Phi) is 13.7. The summed E-state index contributed by atoms with van der Waals surface area (Å²) in [4.78, 5) is 8.88. The standard InChI is InChI=1S/C29H45FN2O/c1-4-6-8-9-10-12-14-25-15-17-26(18-16-25)29-31-22-28(23-32-29)33-20-19-27(30)21-24(3)13-11-7-5-2/h15-18,22-24,27H,4-14,19-21H2,1-3H3. The van der Waals surface area contributed by atoms with Crippen LogP contribution in [0, 0.1) is 5.92 Å². The van der Waals surface area contributed by atoms with E-state index in [1.807, 2.05) is 0 Å². The van der Waals surface area contributed by atoms with Gasteiger partial charge in [-0.15, -0.1) is 0 Å². The zero-order chi connectivity index (χ0) is 23.7. The van der Waals surface area contributed by atoms with Gasteiger partial charge < -0.3 is 4.74 Å². The summed E-state index contributed by atoms with van der Waals surface area (Å²) in [5.74, 6) is 1.73. The van der Waals surface area contributed by atoms with Crippen LogP contribution in [-0.4, -0.2) is 22.7 Å². The predicted molar refractivity (Wildman–Crippen MR) is 137 cm³/mol. The third-order valence-electron chi connectivity index (χ3n) is 6.32. The van der Waals surface area contributed by atoms with E-state index in [1.54, 1.807) is 12.4 Å². The van der Waals surface area contributed by atoms with Gasteiger partial charge in [-0.25, -0.2) is 14.4 Å². The minimum Gasteiger partial charge on any atom is -0.490 e. The second-order valence-corrected chi connectivity index (χ2v) is 9.53. The van der Waals surface area contributed by atoms with Crippen molar-refractivity contribution in [2.24, 2.45) is 5.92 Å². The minimum atomic E-state index is -0.809. The molecule has 0 N–H and O–H groups in total. The van der Waals surface area contributed by atoms with Crippen molar-refractivity contribution in [1.29, 1.82) is 0 Å². The van der Waals surface area contributed by atoms with Gasteiger partial charge in [0.2, 0.25) is 0 Å². The highest BCUT2D eigenvalue weighted by atomic mass is 19.1. The summed E-state index contributed by atoms with van der Waals surface area (Å²) in [6, 6.07) is 8.55. The Morgan fingerprint density at radius 2 is 1.45 bits per heavy atom. The van der Waals surface area contributed by atoms with Gasteiger partial charge in [-0.3, -0.25) is 0 Å². The summed E-state index contributed by atoms with van der Waals surface area (Å²) in [5.41, 5.74) is 2.38. The van der Waals surface area contributed by atoms with Crippen molar-refractivity contribution in [3.63, 3.8) is 0 Å². The number of aryl methyl sites for hydroxylation is 1. The van der Waals surface area contributed by atoms with Gasteiger partial charge in [-0.2, -0.15) is 0 Å². The molecule has 4 heteroatoms. The van der Waals surface area contributed by atoms with Crippen LogP contribution in [0.25, 0.3) is 11.4 Å². The maximum absolute atomic E-state index is 14.2. The third kappa shape index (κ3) is 11.6. The van der Waals surface area contributed by atoms with Gasteiger partial charge in [-0.05, 0) is 30.7 Å². The number of aromatic nitrogens is 2. The highest BCUT2D eigenvalue weighted by molar-refractivity contribution is 5.55. The number of halogens is 1. The van der Waals surface area contributed by atoms with E-state index in [9.17, 15) is 4.39 Å². The molecule has 1 aromatic carbocycles. The summed E-state index contributed by atoms with van der Waals surface area (Å²) in [7, 11) is 0. The first kappa shape index (κ1) is 27.3. The molecule has 2 atom stereocenters. The van der Waals surface area contributed by atoms with Gasteiger partial charge in [0.15, 0.2) is 11.6 Å². The monoisotopic (exact) mass is 456 g/mol. The Morgan fingerprint density at radius 3 is 2.15 bits per heavy atom. The molecular formula is C29H45FN2O. The van der Waals surface area contributed by atoms with Crippen molar-refractivity contribution >= 4 is 0 Å². The molecule has 0 spiro atoms. The van der Waals surface area contributed by atoms with Crippen molar-refractivity contribution in [3.8, 4) is 17.1 Å². The van der Waals surface area contributed by atoms with Crippen molar-refractivity contribution < 1.29 is 9.13 Å². The first-order valence-electron chi connectivity index (χ1n) is 13.3.